The Bertz CT molecular complexity index is 2910. The van der Waals surface area contributed by atoms with Crippen LogP contribution >= 0.6 is 0 Å². The van der Waals surface area contributed by atoms with E-state index in [1.54, 1.807) is 9.80 Å². The van der Waals surface area contributed by atoms with Crippen LogP contribution in [0.4, 0.5) is 22.7 Å². The number of nitrogens with zero attached hydrogens (tertiary/aromatic N) is 5. The lowest BCUT2D eigenvalue weighted by Gasteiger charge is -2.43. The van der Waals surface area contributed by atoms with Crippen LogP contribution < -0.4 is 14.9 Å². The highest BCUT2D eigenvalue weighted by Crippen LogP contribution is 2.54. The number of fused-ring (bicyclic) bond motifs is 12. The first-order valence-corrected chi connectivity index (χ1v) is 27.3. The Morgan fingerprint density at radius 3 is 1.39 bits per heavy atom. The summed E-state index contributed by atoms with van der Waals surface area (Å²) in [6, 6.07) is 6.89. The van der Waals surface area contributed by atoms with Gasteiger partial charge in [0, 0.05) is 37.0 Å². The van der Waals surface area contributed by atoms with Crippen molar-refractivity contribution in [2.24, 2.45) is 55.1 Å². The number of amidine groups is 2. The maximum atomic E-state index is 14.3. The molecule has 2 aromatic rings. The van der Waals surface area contributed by atoms with Crippen molar-refractivity contribution < 1.29 is 45.1 Å². The van der Waals surface area contributed by atoms with Crippen molar-refractivity contribution in [1.29, 1.82) is 0 Å². The minimum absolute atomic E-state index is 0.0230. The van der Waals surface area contributed by atoms with Crippen LogP contribution in [0.15, 0.2) is 102 Å². The fourth-order valence-electron chi connectivity index (χ4n) is 11.4. The van der Waals surface area contributed by atoms with E-state index in [9.17, 15) is 45.1 Å². The molecule has 10 rings (SSSR count). The standard InChI is InChI=1S/C47H55N7O10S3/c1-46(2,3)16-18-52-38-26-10-8-24(20-26)34(38)40(55)36(44(52)57)42-48-30-14-12-28(22-32(30)66(61,62)50-42)54(65(7,59)60)29-13-15-31-33(23-29)67(63,64)51-43(49-31)37-41(56)35-25-9-11-27(21-25)39(35)53(45(37)58)19-17-47(4,5)6/h8-15,22-27,34-35,38-39,55-56H,16-21H2,1-7H3,(H,48,50)(H,49,51). The summed E-state index contributed by atoms with van der Waals surface area (Å²) in [6.45, 7) is 13.2. The predicted molar refractivity (Wildman–Crippen MR) is 253 cm³/mol. The molecule has 4 aliphatic heterocycles. The van der Waals surface area contributed by atoms with Gasteiger partial charge in [-0.15, -0.1) is 8.80 Å². The average molecular weight is 974 g/mol. The molecule has 4 N–H and O–H groups in total. The molecule has 0 radical (unpaired) electrons. The van der Waals surface area contributed by atoms with E-state index >= 15 is 0 Å². The second-order valence-electron chi connectivity index (χ2n) is 21.5. The van der Waals surface area contributed by atoms with Crippen LogP contribution in [0.1, 0.15) is 67.2 Å². The molecular weight excluding hydrogens is 919 g/mol. The van der Waals surface area contributed by atoms with E-state index in [-0.39, 0.29) is 104 Å². The second-order valence-corrected chi connectivity index (χ2v) is 26.5. The zero-order chi connectivity index (χ0) is 48.1. The number of anilines is 4. The molecule has 4 bridgehead atoms. The summed E-state index contributed by atoms with van der Waals surface area (Å²) >= 11 is 0. The lowest BCUT2D eigenvalue weighted by molar-refractivity contribution is -0.133. The number of hydrogen-bond acceptors (Lipinski definition) is 12. The molecule has 20 heteroatoms. The minimum Gasteiger partial charge on any atom is -0.511 e. The van der Waals surface area contributed by atoms with E-state index in [0.29, 0.717) is 25.9 Å². The largest absolute Gasteiger partial charge is 0.511 e. The normalized spacial score (nSPS) is 29.8. The SMILES string of the molecule is CC(C)(C)CCN1C(=O)C(C2=NS(=O)(=O)c3cc(N(c4ccc5c(c4)S(=O)(=O)N=C(C4=C(O)C6C7C=CC(C7)C6N(CCC(C)(C)C)C4=O)N5)S(C)(=O)=O)ccc3N2)=C(O)C2C3C=CC(C3)C21. The lowest BCUT2D eigenvalue weighted by atomic mass is 9.80. The quantitative estimate of drug-likeness (QED) is 0.201. The molecule has 0 saturated heterocycles. The molecule has 2 saturated carbocycles. The Labute approximate surface area is 391 Å². The number of nitrogens with one attached hydrogen (secondary N) is 2. The van der Waals surface area contributed by atoms with Gasteiger partial charge in [-0.1, -0.05) is 65.8 Å². The van der Waals surface area contributed by atoms with Gasteiger partial charge in [0.1, 0.15) is 32.5 Å². The number of carbonyl (C=O) groups is 2. The van der Waals surface area contributed by atoms with Gasteiger partial charge in [0.05, 0.1) is 29.0 Å². The van der Waals surface area contributed by atoms with Gasteiger partial charge >= 0.3 is 0 Å². The van der Waals surface area contributed by atoms with Gasteiger partial charge in [0.15, 0.2) is 11.7 Å². The Morgan fingerprint density at radius 1 is 0.657 bits per heavy atom. The number of rotatable bonds is 9. The molecule has 8 aliphatic rings. The van der Waals surface area contributed by atoms with Crippen LogP contribution in [0.5, 0.6) is 0 Å². The van der Waals surface area contributed by atoms with Crippen LogP contribution in [0.2, 0.25) is 0 Å². The number of benzene rings is 2. The number of amides is 2. The predicted octanol–water partition coefficient (Wildman–Crippen LogP) is 6.37. The molecule has 2 aromatic carbocycles. The van der Waals surface area contributed by atoms with Gasteiger partial charge in [-0.25, -0.2) is 12.7 Å². The van der Waals surface area contributed by atoms with Gasteiger partial charge < -0.3 is 30.6 Å². The van der Waals surface area contributed by atoms with Gasteiger partial charge in [-0.2, -0.15) is 16.8 Å². The van der Waals surface area contributed by atoms with E-state index in [1.807, 2.05) is 12.2 Å². The van der Waals surface area contributed by atoms with E-state index in [2.05, 4.69) is 73.1 Å². The van der Waals surface area contributed by atoms with E-state index < -0.39 is 63.5 Å². The molecular formula is C47H55N7O10S3. The van der Waals surface area contributed by atoms with Crippen LogP contribution in [-0.2, 0) is 39.7 Å². The Balaban J connectivity index is 0.968. The van der Waals surface area contributed by atoms with Crippen LogP contribution in [0, 0.1) is 46.3 Å². The number of sulfonamides is 3. The molecule has 17 nitrogen and oxygen atoms in total. The maximum Gasteiger partial charge on any atom is 0.286 e. The number of aliphatic hydroxyl groups excluding tert-OH is 2. The topological polar surface area (TPSA) is 236 Å². The van der Waals surface area contributed by atoms with Crippen LogP contribution in [-0.4, -0.2) is 100 Å². The summed E-state index contributed by atoms with van der Waals surface area (Å²) in [5.41, 5.74) is -1.08. The zero-order valence-corrected chi connectivity index (χ0v) is 40.7. The van der Waals surface area contributed by atoms with Gasteiger partial charge in [0.2, 0.25) is 10.0 Å². The van der Waals surface area contributed by atoms with Gasteiger partial charge in [0.25, 0.3) is 31.9 Å². The van der Waals surface area contributed by atoms with Crippen molar-refractivity contribution in [1.82, 2.24) is 9.80 Å². The first kappa shape index (κ1) is 45.3. The van der Waals surface area contributed by atoms with E-state index in [4.69, 9.17) is 0 Å². The van der Waals surface area contributed by atoms with Gasteiger partial charge in [-0.05, 0) is 96.6 Å². The molecule has 8 unspecified atom stereocenters. The molecule has 67 heavy (non-hydrogen) atoms. The third kappa shape index (κ3) is 7.48. The molecule has 4 aliphatic carbocycles. The summed E-state index contributed by atoms with van der Waals surface area (Å²) < 4.78 is 92.3. The highest BCUT2D eigenvalue weighted by atomic mass is 32.2. The number of allylic oxidation sites excluding steroid dienone is 2. The zero-order valence-electron chi connectivity index (χ0n) is 38.3. The molecule has 0 aromatic heterocycles. The van der Waals surface area contributed by atoms with Crippen molar-refractivity contribution in [2.45, 2.75) is 89.1 Å². The van der Waals surface area contributed by atoms with E-state index in [0.717, 1.165) is 35.5 Å². The summed E-state index contributed by atoms with van der Waals surface area (Å²) in [6.07, 6.45) is 11.9. The highest BCUT2D eigenvalue weighted by Gasteiger charge is 2.57. The molecule has 8 atom stereocenters. The number of aliphatic hydroxyl groups is 2. The Morgan fingerprint density at radius 2 is 1.03 bits per heavy atom. The first-order chi connectivity index (χ1) is 31.2. The highest BCUT2D eigenvalue weighted by molar-refractivity contribution is 7.92. The van der Waals surface area contributed by atoms with Crippen molar-refractivity contribution >= 4 is 76.3 Å². The Hall–Kier alpha value is -5.47. The molecule has 4 heterocycles. The third-order valence-corrected chi connectivity index (χ3v) is 18.3. The van der Waals surface area contributed by atoms with Crippen molar-refractivity contribution in [3.05, 3.63) is 83.4 Å². The van der Waals surface area contributed by atoms with Crippen molar-refractivity contribution in [3.63, 3.8) is 0 Å². The maximum absolute atomic E-state index is 14.3. The fraction of sp³-hybridized carbons (Fsp3) is 0.489. The summed E-state index contributed by atoms with van der Waals surface area (Å²) in [4.78, 5) is 31.3. The minimum atomic E-state index is -4.65. The molecule has 2 fully saturated rings. The monoisotopic (exact) mass is 973 g/mol. The second kappa shape index (κ2) is 15.0. The fourth-order valence-corrected chi connectivity index (χ4v) is 14.7. The average Bonchev–Trinajstić information content (AvgIpc) is 4.03. The summed E-state index contributed by atoms with van der Waals surface area (Å²) in [7, 11) is -13.6. The third-order valence-electron chi connectivity index (χ3n) is 14.5. The van der Waals surface area contributed by atoms with Crippen LogP contribution in [0.3, 0.4) is 0 Å². The number of hydrogen-bond donors (Lipinski definition) is 4. The number of carbonyl (C=O) groups excluding carboxylic acids is 2. The van der Waals surface area contributed by atoms with Crippen LogP contribution in [0.25, 0.3) is 0 Å². The van der Waals surface area contributed by atoms with Crippen molar-refractivity contribution in [2.75, 3.05) is 34.3 Å². The smallest absolute Gasteiger partial charge is 0.286 e. The first-order valence-electron chi connectivity index (χ1n) is 22.6. The molecule has 0 spiro atoms. The summed E-state index contributed by atoms with van der Waals surface area (Å²) in [5, 5.41) is 29.3. The molecule has 2 amide bonds. The molecule has 356 valence electrons. The summed E-state index contributed by atoms with van der Waals surface area (Å²) in [5.74, 6) is -3.03. The lowest BCUT2D eigenvalue weighted by Crippen LogP contribution is -2.54. The van der Waals surface area contributed by atoms with E-state index in [1.165, 1.54) is 24.3 Å². The van der Waals surface area contributed by atoms with Crippen molar-refractivity contribution in [3.8, 4) is 0 Å². The van der Waals surface area contributed by atoms with Gasteiger partial charge in [-0.3, -0.25) is 9.59 Å². The Kier molecular flexibility index (Phi) is 10.2.